The largest absolute Gasteiger partial charge is 0.493 e. The molecule has 1 aromatic rings. The number of ether oxygens (including phenoxy) is 4. The van der Waals surface area contributed by atoms with Crippen LogP contribution >= 0.6 is 0 Å². The second-order valence-corrected chi connectivity index (χ2v) is 6.69. The van der Waals surface area contributed by atoms with Crippen LogP contribution in [0.5, 0.6) is 17.2 Å². The maximum Gasteiger partial charge on any atom is 0.331 e. The number of carbonyl (C=O) groups is 3. The van der Waals surface area contributed by atoms with Gasteiger partial charge in [0.05, 0.1) is 7.11 Å². The molecule has 1 aromatic carbocycles. The number of carbonyl (C=O) groups excluding carboxylic acids is 3. The van der Waals surface area contributed by atoms with Crippen molar-refractivity contribution in [3.8, 4) is 17.2 Å². The van der Waals surface area contributed by atoms with Gasteiger partial charge in [0.25, 0.3) is 5.91 Å². The lowest BCUT2D eigenvalue weighted by molar-refractivity contribution is -0.151. The van der Waals surface area contributed by atoms with E-state index < -0.39 is 30.4 Å². The van der Waals surface area contributed by atoms with E-state index in [2.05, 4.69) is 0 Å². The zero-order chi connectivity index (χ0) is 20.8. The molecule has 2 heterocycles. The molecule has 2 aliphatic rings. The molecule has 9 nitrogen and oxygen atoms in total. The van der Waals surface area contributed by atoms with Crippen LogP contribution in [0.4, 0.5) is 0 Å². The number of primary amides is 1. The Bertz CT molecular complexity index is 804. The highest BCUT2D eigenvalue weighted by Gasteiger charge is 2.30. The summed E-state index contributed by atoms with van der Waals surface area (Å²) in [6, 6.07) is 2.78. The summed E-state index contributed by atoms with van der Waals surface area (Å²) in [7, 11) is 1.51. The molecule has 2 N–H and O–H groups in total. The monoisotopic (exact) mass is 404 g/mol. The van der Waals surface area contributed by atoms with Crippen molar-refractivity contribution in [2.24, 2.45) is 5.73 Å². The van der Waals surface area contributed by atoms with Gasteiger partial charge >= 0.3 is 5.97 Å². The van der Waals surface area contributed by atoms with E-state index in [0.717, 1.165) is 12.8 Å². The van der Waals surface area contributed by atoms with E-state index in [9.17, 15) is 14.4 Å². The normalized spacial score (nSPS) is 18.4. The number of hydrogen-bond donors (Lipinski definition) is 1. The Kier molecular flexibility index (Phi) is 6.58. The Morgan fingerprint density at radius 1 is 1.24 bits per heavy atom. The molecule has 0 saturated carbocycles. The molecule has 29 heavy (non-hydrogen) atoms. The van der Waals surface area contributed by atoms with Gasteiger partial charge in [-0.2, -0.15) is 0 Å². The number of fused-ring (bicyclic) bond motifs is 1. The van der Waals surface area contributed by atoms with E-state index in [1.165, 1.54) is 24.2 Å². The topological polar surface area (TPSA) is 117 Å². The first-order chi connectivity index (χ1) is 14.0. The Morgan fingerprint density at radius 3 is 2.79 bits per heavy atom. The lowest BCUT2D eigenvalue weighted by atomic mass is 10.0. The third kappa shape index (κ3) is 4.98. The van der Waals surface area contributed by atoms with Crippen molar-refractivity contribution >= 4 is 23.9 Å². The van der Waals surface area contributed by atoms with Gasteiger partial charge in [0, 0.05) is 12.6 Å². The highest BCUT2D eigenvalue weighted by atomic mass is 16.6. The molecule has 2 aliphatic heterocycles. The lowest BCUT2D eigenvalue weighted by Gasteiger charge is -2.33. The number of likely N-dealkylation sites (tertiary alicyclic amines) is 1. The van der Waals surface area contributed by atoms with E-state index in [1.54, 1.807) is 12.1 Å². The summed E-state index contributed by atoms with van der Waals surface area (Å²) in [5.41, 5.74) is 6.01. The van der Waals surface area contributed by atoms with Crippen LogP contribution in [-0.2, 0) is 19.1 Å². The second-order valence-electron chi connectivity index (χ2n) is 6.69. The minimum absolute atomic E-state index is 0.427. The van der Waals surface area contributed by atoms with E-state index in [1.807, 2.05) is 0 Å². The highest BCUT2D eigenvalue weighted by molar-refractivity contribution is 5.91. The zero-order valence-corrected chi connectivity index (χ0v) is 16.2. The number of piperidine rings is 1. The van der Waals surface area contributed by atoms with Crippen LogP contribution in [0.15, 0.2) is 18.2 Å². The standard InChI is InChI=1S/C20H24N2O7/c1-26-15-10-13(11-16-19(15)28-9-8-27-16)5-6-18(24)29-12-17(23)22-7-3-2-4-14(22)20(21)25/h5-6,10-11,14H,2-4,7-9,12H2,1H3,(H2,21,25)/b6-5+/t14-/m0/s1. The van der Waals surface area contributed by atoms with Gasteiger partial charge < -0.3 is 29.6 Å². The first kappa shape index (κ1) is 20.5. The maximum absolute atomic E-state index is 12.3. The molecule has 156 valence electrons. The number of nitrogens with zero attached hydrogens (tertiary/aromatic N) is 1. The number of esters is 1. The number of amides is 2. The number of methoxy groups -OCH3 is 1. The second kappa shape index (κ2) is 9.31. The number of nitrogens with two attached hydrogens (primary N) is 1. The number of benzene rings is 1. The summed E-state index contributed by atoms with van der Waals surface area (Å²) >= 11 is 0. The smallest absolute Gasteiger partial charge is 0.331 e. The van der Waals surface area contributed by atoms with Gasteiger partial charge in [0.15, 0.2) is 18.1 Å². The van der Waals surface area contributed by atoms with Crippen molar-refractivity contribution in [1.29, 1.82) is 0 Å². The summed E-state index contributed by atoms with van der Waals surface area (Å²) in [6.07, 6.45) is 4.88. The Hall–Kier alpha value is -3.23. The molecule has 2 amide bonds. The molecule has 0 unspecified atom stereocenters. The third-order valence-corrected chi connectivity index (χ3v) is 4.75. The molecule has 9 heteroatoms. The summed E-state index contributed by atoms with van der Waals surface area (Å²) in [6.45, 7) is 0.844. The number of rotatable bonds is 6. The predicted octanol–water partition coefficient (Wildman–Crippen LogP) is 0.889. The summed E-state index contributed by atoms with van der Waals surface area (Å²) in [5.74, 6) is -0.114. The molecule has 0 aromatic heterocycles. The van der Waals surface area contributed by atoms with Crippen LogP contribution in [0.2, 0.25) is 0 Å². The lowest BCUT2D eigenvalue weighted by Crippen LogP contribution is -2.51. The Morgan fingerprint density at radius 2 is 2.03 bits per heavy atom. The molecule has 0 bridgehead atoms. The molecule has 1 saturated heterocycles. The first-order valence-electron chi connectivity index (χ1n) is 9.41. The van der Waals surface area contributed by atoms with Crippen LogP contribution in [-0.4, -0.2) is 62.2 Å². The molecule has 3 rings (SSSR count). The minimum atomic E-state index is -0.681. The van der Waals surface area contributed by atoms with E-state index in [0.29, 0.717) is 49.0 Å². The van der Waals surface area contributed by atoms with Crippen LogP contribution < -0.4 is 19.9 Å². The van der Waals surface area contributed by atoms with Gasteiger partial charge in [-0.15, -0.1) is 0 Å². The van der Waals surface area contributed by atoms with Gasteiger partial charge in [0.1, 0.15) is 19.3 Å². The molecular formula is C20H24N2O7. The van der Waals surface area contributed by atoms with E-state index >= 15 is 0 Å². The third-order valence-electron chi connectivity index (χ3n) is 4.75. The van der Waals surface area contributed by atoms with Gasteiger partial charge in [-0.3, -0.25) is 9.59 Å². The molecule has 1 atom stereocenters. The summed E-state index contributed by atoms with van der Waals surface area (Å²) in [4.78, 5) is 37.2. The van der Waals surface area contributed by atoms with Gasteiger partial charge in [-0.25, -0.2) is 4.79 Å². The maximum atomic E-state index is 12.3. The van der Waals surface area contributed by atoms with Crippen LogP contribution in [0.3, 0.4) is 0 Å². The molecule has 0 radical (unpaired) electrons. The van der Waals surface area contributed by atoms with Crippen molar-refractivity contribution in [2.45, 2.75) is 25.3 Å². The van der Waals surface area contributed by atoms with Crippen molar-refractivity contribution in [3.63, 3.8) is 0 Å². The molecular weight excluding hydrogens is 380 g/mol. The van der Waals surface area contributed by atoms with E-state index in [-0.39, 0.29) is 0 Å². The van der Waals surface area contributed by atoms with E-state index in [4.69, 9.17) is 24.7 Å². The highest BCUT2D eigenvalue weighted by Crippen LogP contribution is 2.40. The van der Waals surface area contributed by atoms with Crippen molar-refractivity contribution in [2.75, 3.05) is 33.5 Å². The van der Waals surface area contributed by atoms with Gasteiger partial charge in [-0.05, 0) is 43.0 Å². The fourth-order valence-corrected chi connectivity index (χ4v) is 3.34. The summed E-state index contributed by atoms with van der Waals surface area (Å²) < 4.78 is 21.4. The average molecular weight is 404 g/mol. The fourth-order valence-electron chi connectivity index (χ4n) is 3.34. The first-order valence-corrected chi connectivity index (χ1v) is 9.41. The SMILES string of the molecule is COc1cc(/C=C/C(=O)OCC(=O)N2CCCC[C@H]2C(N)=O)cc2c1OCCO2. The molecule has 0 spiro atoms. The summed E-state index contributed by atoms with van der Waals surface area (Å²) in [5, 5.41) is 0. The molecule has 1 fully saturated rings. The quantitative estimate of drug-likeness (QED) is 0.553. The molecule has 0 aliphatic carbocycles. The minimum Gasteiger partial charge on any atom is -0.493 e. The predicted molar refractivity (Wildman–Crippen MR) is 103 cm³/mol. The van der Waals surface area contributed by atoms with Gasteiger partial charge in [-0.1, -0.05) is 0 Å². The zero-order valence-electron chi connectivity index (χ0n) is 16.2. The number of hydrogen-bond acceptors (Lipinski definition) is 7. The van der Waals surface area contributed by atoms with Crippen LogP contribution in [0, 0.1) is 0 Å². The van der Waals surface area contributed by atoms with Crippen LogP contribution in [0.1, 0.15) is 24.8 Å². The van der Waals surface area contributed by atoms with Gasteiger partial charge in [0.2, 0.25) is 11.7 Å². The average Bonchev–Trinajstić information content (AvgIpc) is 2.75. The Balaban J connectivity index is 1.58. The van der Waals surface area contributed by atoms with Crippen molar-refractivity contribution in [1.82, 2.24) is 4.90 Å². The van der Waals surface area contributed by atoms with Crippen molar-refractivity contribution in [3.05, 3.63) is 23.8 Å². The Labute approximate surface area is 168 Å². The van der Waals surface area contributed by atoms with Crippen molar-refractivity contribution < 1.29 is 33.3 Å². The van der Waals surface area contributed by atoms with Crippen LogP contribution in [0.25, 0.3) is 6.08 Å². The fraction of sp³-hybridized carbons (Fsp3) is 0.450.